The van der Waals surface area contributed by atoms with Gasteiger partial charge in [0, 0.05) is 18.1 Å². The molecule has 15 heavy (non-hydrogen) atoms. The first-order valence-corrected chi connectivity index (χ1v) is 6.71. The number of aliphatic hydroxyl groups is 1. The van der Waals surface area contributed by atoms with E-state index in [9.17, 15) is 5.11 Å². The summed E-state index contributed by atoms with van der Waals surface area (Å²) in [7, 11) is 0. The molecule has 2 unspecified atom stereocenters. The third kappa shape index (κ3) is 1.58. The quantitative estimate of drug-likeness (QED) is 0.783. The summed E-state index contributed by atoms with van der Waals surface area (Å²) < 4.78 is 1.97. The van der Waals surface area contributed by atoms with Gasteiger partial charge in [-0.1, -0.05) is 0 Å². The van der Waals surface area contributed by atoms with Crippen LogP contribution in [0.4, 0.5) is 0 Å². The molecule has 0 bridgehead atoms. The predicted octanol–water partition coefficient (Wildman–Crippen LogP) is 1.33. The molecule has 82 valence electrons. The lowest BCUT2D eigenvalue weighted by atomic mass is 10.1. The highest BCUT2D eigenvalue weighted by atomic mass is 32.2. The second-order valence-electron chi connectivity index (χ2n) is 4.28. The molecule has 0 aromatic carbocycles. The van der Waals surface area contributed by atoms with E-state index in [0.717, 1.165) is 36.7 Å². The number of aliphatic hydroxyl groups excluding tert-OH is 1. The Bertz CT molecular complexity index is 360. The van der Waals surface area contributed by atoms with Crippen LogP contribution in [0.1, 0.15) is 43.1 Å². The number of aromatic nitrogens is 3. The van der Waals surface area contributed by atoms with Gasteiger partial charge < -0.3 is 5.11 Å². The summed E-state index contributed by atoms with van der Waals surface area (Å²) in [5, 5.41) is 18.4. The molecule has 3 heterocycles. The van der Waals surface area contributed by atoms with Crippen molar-refractivity contribution in [1.29, 1.82) is 0 Å². The summed E-state index contributed by atoms with van der Waals surface area (Å²) in [5.41, 5.74) is 0. The average Bonchev–Trinajstić information content (AvgIpc) is 2.85. The molecule has 0 amide bonds. The molecule has 1 N–H and O–H groups in total. The van der Waals surface area contributed by atoms with Gasteiger partial charge in [0.1, 0.15) is 17.9 Å². The number of rotatable bonds is 1. The molecular formula is C10H15N3OS. The maximum absolute atomic E-state index is 9.97. The van der Waals surface area contributed by atoms with Crippen molar-refractivity contribution in [2.75, 3.05) is 11.5 Å². The van der Waals surface area contributed by atoms with Crippen molar-refractivity contribution >= 4 is 11.8 Å². The van der Waals surface area contributed by atoms with Crippen LogP contribution in [0, 0.1) is 0 Å². The highest BCUT2D eigenvalue weighted by Crippen LogP contribution is 2.34. The Balaban J connectivity index is 1.97. The van der Waals surface area contributed by atoms with Crippen LogP contribution >= 0.6 is 11.8 Å². The molecule has 1 aromatic heterocycles. The van der Waals surface area contributed by atoms with Crippen LogP contribution in [-0.2, 0) is 6.42 Å². The Kier molecular flexibility index (Phi) is 2.44. The van der Waals surface area contributed by atoms with Crippen LogP contribution in [0.5, 0.6) is 0 Å². The third-order valence-electron chi connectivity index (χ3n) is 3.25. The molecule has 0 saturated carbocycles. The smallest absolute Gasteiger partial charge is 0.139 e. The Morgan fingerprint density at radius 1 is 1.33 bits per heavy atom. The molecule has 1 fully saturated rings. The summed E-state index contributed by atoms with van der Waals surface area (Å²) >= 11 is 1.97. The Morgan fingerprint density at radius 2 is 2.27 bits per heavy atom. The van der Waals surface area contributed by atoms with Crippen molar-refractivity contribution in [3.05, 3.63) is 11.6 Å². The van der Waals surface area contributed by atoms with E-state index in [1.165, 1.54) is 12.2 Å². The molecule has 2 aliphatic rings. The number of hydrogen-bond acceptors (Lipinski definition) is 4. The number of thioether (sulfide) groups is 1. The van der Waals surface area contributed by atoms with Crippen LogP contribution in [0.3, 0.4) is 0 Å². The van der Waals surface area contributed by atoms with E-state index in [2.05, 4.69) is 10.2 Å². The second kappa shape index (κ2) is 3.79. The molecule has 2 aliphatic heterocycles. The summed E-state index contributed by atoms with van der Waals surface area (Å²) in [6.45, 7) is 0. The van der Waals surface area contributed by atoms with Gasteiger partial charge in [0.15, 0.2) is 0 Å². The molecule has 5 heteroatoms. The van der Waals surface area contributed by atoms with E-state index in [4.69, 9.17) is 0 Å². The number of hydrogen-bond donors (Lipinski definition) is 1. The second-order valence-corrected chi connectivity index (χ2v) is 5.43. The SMILES string of the molecule is OC1CCCc2nnc(C3CCSC3)n21. The first kappa shape index (κ1) is 9.66. The lowest BCUT2D eigenvalue weighted by Crippen LogP contribution is -2.21. The minimum atomic E-state index is -0.385. The Labute approximate surface area is 93.1 Å². The van der Waals surface area contributed by atoms with E-state index < -0.39 is 0 Å². The van der Waals surface area contributed by atoms with Crippen LogP contribution in [-0.4, -0.2) is 31.4 Å². The molecule has 0 aliphatic carbocycles. The number of nitrogens with zero attached hydrogens (tertiary/aromatic N) is 3. The normalized spacial score (nSPS) is 30.5. The first-order valence-electron chi connectivity index (χ1n) is 5.56. The Morgan fingerprint density at radius 3 is 3.07 bits per heavy atom. The van der Waals surface area contributed by atoms with Gasteiger partial charge in [-0.2, -0.15) is 11.8 Å². The predicted molar refractivity (Wildman–Crippen MR) is 58.9 cm³/mol. The van der Waals surface area contributed by atoms with Crippen molar-refractivity contribution in [1.82, 2.24) is 14.8 Å². The highest BCUT2D eigenvalue weighted by molar-refractivity contribution is 7.99. The topological polar surface area (TPSA) is 50.9 Å². The molecular weight excluding hydrogens is 210 g/mol. The van der Waals surface area contributed by atoms with Crippen LogP contribution < -0.4 is 0 Å². The minimum Gasteiger partial charge on any atom is -0.373 e. The number of aryl methyl sites for hydroxylation is 1. The maximum Gasteiger partial charge on any atom is 0.139 e. The zero-order chi connectivity index (χ0) is 10.3. The van der Waals surface area contributed by atoms with Gasteiger partial charge in [-0.3, -0.25) is 4.57 Å². The fourth-order valence-corrected chi connectivity index (χ4v) is 3.64. The van der Waals surface area contributed by atoms with Crippen LogP contribution in [0.15, 0.2) is 0 Å². The van der Waals surface area contributed by atoms with Crippen molar-refractivity contribution in [2.45, 2.75) is 37.8 Å². The fourth-order valence-electron chi connectivity index (χ4n) is 2.42. The molecule has 0 spiro atoms. The summed E-state index contributed by atoms with van der Waals surface area (Å²) in [4.78, 5) is 0. The van der Waals surface area contributed by atoms with Crippen molar-refractivity contribution in [2.24, 2.45) is 0 Å². The molecule has 0 radical (unpaired) electrons. The van der Waals surface area contributed by atoms with E-state index in [1.54, 1.807) is 0 Å². The highest BCUT2D eigenvalue weighted by Gasteiger charge is 2.29. The van der Waals surface area contributed by atoms with Gasteiger partial charge in [0.05, 0.1) is 0 Å². The summed E-state index contributed by atoms with van der Waals surface area (Å²) in [5.74, 6) is 4.83. The van der Waals surface area contributed by atoms with Crippen LogP contribution in [0.2, 0.25) is 0 Å². The van der Waals surface area contributed by atoms with E-state index in [0.29, 0.717) is 5.92 Å². The fraction of sp³-hybridized carbons (Fsp3) is 0.800. The third-order valence-corrected chi connectivity index (χ3v) is 4.41. The molecule has 4 nitrogen and oxygen atoms in total. The van der Waals surface area contributed by atoms with Gasteiger partial charge in [0.2, 0.25) is 0 Å². The molecule has 2 atom stereocenters. The van der Waals surface area contributed by atoms with Crippen molar-refractivity contribution in [3.8, 4) is 0 Å². The maximum atomic E-state index is 9.97. The van der Waals surface area contributed by atoms with Crippen LogP contribution in [0.25, 0.3) is 0 Å². The molecule has 1 aromatic rings. The summed E-state index contributed by atoms with van der Waals surface area (Å²) in [6.07, 6.45) is 3.63. The van der Waals surface area contributed by atoms with E-state index >= 15 is 0 Å². The summed E-state index contributed by atoms with van der Waals surface area (Å²) in [6, 6.07) is 0. The lowest BCUT2D eigenvalue weighted by molar-refractivity contribution is 0.0740. The largest absolute Gasteiger partial charge is 0.373 e. The van der Waals surface area contributed by atoms with E-state index in [1.807, 2.05) is 16.3 Å². The van der Waals surface area contributed by atoms with Gasteiger partial charge in [-0.05, 0) is 25.0 Å². The first-order chi connectivity index (χ1) is 7.36. The Hall–Kier alpha value is -0.550. The monoisotopic (exact) mass is 225 g/mol. The van der Waals surface area contributed by atoms with Gasteiger partial charge >= 0.3 is 0 Å². The lowest BCUT2D eigenvalue weighted by Gasteiger charge is -2.22. The average molecular weight is 225 g/mol. The van der Waals surface area contributed by atoms with Gasteiger partial charge in [0.25, 0.3) is 0 Å². The van der Waals surface area contributed by atoms with Gasteiger partial charge in [-0.15, -0.1) is 10.2 Å². The molecule has 1 saturated heterocycles. The molecule has 3 rings (SSSR count). The standard InChI is InChI=1S/C10H15N3OS/c14-9-3-1-2-8-11-12-10(13(8)9)7-4-5-15-6-7/h7,9,14H,1-6H2. The zero-order valence-electron chi connectivity index (χ0n) is 8.59. The van der Waals surface area contributed by atoms with E-state index in [-0.39, 0.29) is 6.23 Å². The van der Waals surface area contributed by atoms with Crippen molar-refractivity contribution < 1.29 is 5.11 Å². The van der Waals surface area contributed by atoms with Crippen molar-refractivity contribution in [3.63, 3.8) is 0 Å². The van der Waals surface area contributed by atoms with Gasteiger partial charge in [-0.25, -0.2) is 0 Å². The number of fused-ring (bicyclic) bond motifs is 1. The zero-order valence-corrected chi connectivity index (χ0v) is 9.41. The minimum absolute atomic E-state index is 0.385.